The summed E-state index contributed by atoms with van der Waals surface area (Å²) >= 11 is 1.60. The highest BCUT2D eigenvalue weighted by Crippen LogP contribution is 2.22. The Morgan fingerprint density at radius 1 is 1.33 bits per heavy atom. The zero-order valence-corrected chi connectivity index (χ0v) is 11.9. The lowest BCUT2D eigenvalue weighted by atomic mass is 10.1. The quantitative estimate of drug-likeness (QED) is 0.757. The first-order chi connectivity index (χ1) is 10.2. The Kier molecular flexibility index (Phi) is 3.79. The van der Waals surface area contributed by atoms with Crippen LogP contribution >= 0.6 is 11.3 Å². The number of anilines is 1. The summed E-state index contributed by atoms with van der Waals surface area (Å²) < 4.78 is 0. The van der Waals surface area contributed by atoms with Crippen LogP contribution in [0.2, 0.25) is 0 Å². The topological polar surface area (TPSA) is 75.1 Å². The molecule has 0 aliphatic heterocycles. The van der Waals surface area contributed by atoms with Crippen LogP contribution < -0.4 is 5.32 Å². The van der Waals surface area contributed by atoms with Gasteiger partial charge in [-0.05, 0) is 11.5 Å². The van der Waals surface area contributed by atoms with Crippen molar-refractivity contribution >= 4 is 33.9 Å². The first-order valence-corrected chi connectivity index (χ1v) is 7.37. The number of benzene rings is 1. The van der Waals surface area contributed by atoms with Crippen LogP contribution in [-0.4, -0.2) is 27.6 Å². The van der Waals surface area contributed by atoms with Gasteiger partial charge in [-0.15, -0.1) is 11.3 Å². The smallest absolute Gasteiger partial charge is 0.354 e. The lowest BCUT2D eigenvalue weighted by molar-refractivity contribution is 0.0691. The highest BCUT2D eigenvalue weighted by Gasteiger charge is 2.10. The van der Waals surface area contributed by atoms with Crippen LogP contribution in [0.3, 0.4) is 0 Å². The summed E-state index contributed by atoms with van der Waals surface area (Å²) in [6.45, 7) is 0.660. The number of aromatic nitrogens is 2. The van der Waals surface area contributed by atoms with E-state index in [2.05, 4.69) is 15.3 Å². The predicted molar refractivity (Wildman–Crippen MR) is 83.0 cm³/mol. The highest BCUT2D eigenvalue weighted by atomic mass is 32.1. The second kappa shape index (κ2) is 5.88. The zero-order valence-electron chi connectivity index (χ0n) is 11.1. The molecule has 0 saturated carbocycles. The molecular weight excluding hydrogens is 286 g/mol. The molecular formula is C15H13N3O2S. The number of aromatic carboxylic acids is 1. The Bertz CT molecular complexity index is 772. The molecule has 0 unspecified atom stereocenters. The molecule has 0 aliphatic rings. The molecule has 0 amide bonds. The number of carbonyl (C=O) groups is 1. The minimum atomic E-state index is -1.02. The van der Waals surface area contributed by atoms with E-state index in [0.29, 0.717) is 12.4 Å². The van der Waals surface area contributed by atoms with Crippen LogP contribution in [-0.2, 0) is 6.42 Å². The minimum Gasteiger partial charge on any atom is -0.477 e. The number of nitrogens with zero attached hydrogens (tertiary/aromatic N) is 2. The number of hydrogen-bond donors (Lipinski definition) is 2. The molecule has 5 nitrogen and oxygen atoms in total. The van der Waals surface area contributed by atoms with E-state index in [1.807, 2.05) is 29.6 Å². The summed E-state index contributed by atoms with van der Waals surface area (Å²) in [4.78, 5) is 19.6. The van der Waals surface area contributed by atoms with Crippen LogP contribution in [0.1, 0.15) is 15.5 Å². The van der Waals surface area contributed by atoms with Gasteiger partial charge in [0.1, 0.15) is 5.82 Å². The minimum absolute atomic E-state index is 0.0467. The number of thiazole rings is 1. The number of pyridine rings is 1. The molecule has 3 rings (SSSR count). The molecule has 1 aromatic carbocycles. The van der Waals surface area contributed by atoms with E-state index in [1.165, 1.54) is 0 Å². The van der Waals surface area contributed by atoms with E-state index in [-0.39, 0.29) is 5.69 Å². The summed E-state index contributed by atoms with van der Waals surface area (Å²) in [7, 11) is 0. The normalized spacial score (nSPS) is 10.7. The number of nitrogens with one attached hydrogen (secondary N) is 1. The summed E-state index contributed by atoms with van der Waals surface area (Å²) in [5, 5.41) is 17.1. The van der Waals surface area contributed by atoms with Gasteiger partial charge in [-0.2, -0.15) is 0 Å². The predicted octanol–water partition coefficient (Wildman–Crippen LogP) is 3.04. The van der Waals surface area contributed by atoms with Gasteiger partial charge in [0.15, 0.2) is 5.69 Å². The summed E-state index contributed by atoms with van der Waals surface area (Å²) in [6.07, 6.45) is 2.56. The molecule has 21 heavy (non-hydrogen) atoms. The van der Waals surface area contributed by atoms with Gasteiger partial charge in [0.25, 0.3) is 0 Å². The maximum Gasteiger partial charge on any atom is 0.354 e. The lowest BCUT2D eigenvalue weighted by Crippen LogP contribution is -2.09. The average Bonchev–Trinajstić information content (AvgIpc) is 3.00. The van der Waals surface area contributed by atoms with E-state index in [0.717, 1.165) is 22.2 Å². The monoisotopic (exact) mass is 299 g/mol. The van der Waals surface area contributed by atoms with Crippen LogP contribution in [0, 0.1) is 0 Å². The maximum absolute atomic E-state index is 11.2. The lowest BCUT2D eigenvalue weighted by Gasteiger charge is -2.09. The van der Waals surface area contributed by atoms with E-state index in [9.17, 15) is 4.79 Å². The van der Waals surface area contributed by atoms with Crippen molar-refractivity contribution in [3.05, 3.63) is 52.6 Å². The molecule has 0 saturated heterocycles. The fourth-order valence-corrected chi connectivity index (χ4v) is 2.73. The van der Waals surface area contributed by atoms with Crippen molar-refractivity contribution in [1.29, 1.82) is 0 Å². The molecule has 106 valence electrons. The summed E-state index contributed by atoms with van der Waals surface area (Å²) in [5.74, 6) is -0.425. The van der Waals surface area contributed by atoms with Gasteiger partial charge >= 0.3 is 5.97 Å². The molecule has 2 aromatic heterocycles. The number of carboxylic acids is 1. The van der Waals surface area contributed by atoms with Gasteiger partial charge in [-0.1, -0.05) is 24.3 Å². The molecule has 0 aliphatic carbocycles. The van der Waals surface area contributed by atoms with Crippen molar-refractivity contribution in [2.24, 2.45) is 0 Å². The van der Waals surface area contributed by atoms with Crippen molar-refractivity contribution in [1.82, 2.24) is 9.97 Å². The Hall–Kier alpha value is -2.47. The molecule has 2 N–H and O–H groups in total. The number of carboxylic acid groups (broad SMARTS) is 1. The average molecular weight is 299 g/mol. The molecule has 0 spiro atoms. The van der Waals surface area contributed by atoms with Gasteiger partial charge in [-0.3, -0.25) is 0 Å². The Balaban J connectivity index is 1.87. The summed E-state index contributed by atoms with van der Waals surface area (Å²) in [5.41, 5.74) is 0.0467. The number of rotatable bonds is 5. The molecule has 0 atom stereocenters. The van der Waals surface area contributed by atoms with Crippen LogP contribution in [0.25, 0.3) is 10.8 Å². The van der Waals surface area contributed by atoms with Crippen molar-refractivity contribution in [3.8, 4) is 0 Å². The standard InChI is InChI=1S/C15H13N3O2S/c19-15(20)12-9-10-3-1-2-4-11(10)14(18-12)17-6-5-13-16-7-8-21-13/h1-4,7-9H,5-6H2,(H,17,18)(H,19,20). The van der Waals surface area contributed by atoms with Gasteiger partial charge in [0.2, 0.25) is 0 Å². The molecule has 0 radical (unpaired) electrons. The third kappa shape index (κ3) is 3.00. The van der Waals surface area contributed by atoms with E-state index in [4.69, 9.17) is 5.11 Å². The van der Waals surface area contributed by atoms with Gasteiger partial charge in [0.05, 0.1) is 5.01 Å². The number of fused-ring (bicyclic) bond motifs is 1. The Labute approximate surface area is 125 Å². The second-order valence-corrected chi connectivity index (χ2v) is 5.46. The van der Waals surface area contributed by atoms with Gasteiger partial charge in [-0.25, -0.2) is 14.8 Å². The van der Waals surface area contributed by atoms with Gasteiger partial charge in [0, 0.05) is 29.9 Å². The second-order valence-electron chi connectivity index (χ2n) is 4.49. The first kappa shape index (κ1) is 13.5. The van der Waals surface area contributed by atoms with Crippen molar-refractivity contribution in [2.45, 2.75) is 6.42 Å². The van der Waals surface area contributed by atoms with Crippen LogP contribution in [0.15, 0.2) is 41.9 Å². The van der Waals surface area contributed by atoms with E-state index in [1.54, 1.807) is 23.6 Å². The SMILES string of the molecule is O=C(O)c1cc2ccccc2c(NCCc2nccs2)n1. The fourth-order valence-electron chi connectivity index (χ4n) is 2.11. The number of hydrogen-bond acceptors (Lipinski definition) is 5. The summed E-state index contributed by atoms with van der Waals surface area (Å²) in [6, 6.07) is 9.20. The van der Waals surface area contributed by atoms with Crippen LogP contribution in [0.4, 0.5) is 5.82 Å². The van der Waals surface area contributed by atoms with E-state index < -0.39 is 5.97 Å². The molecule has 0 bridgehead atoms. The largest absolute Gasteiger partial charge is 0.477 e. The van der Waals surface area contributed by atoms with Crippen molar-refractivity contribution in [3.63, 3.8) is 0 Å². The first-order valence-electron chi connectivity index (χ1n) is 6.49. The van der Waals surface area contributed by atoms with Crippen molar-refractivity contribution in [2.75, 3.05) is 11.9 Å². The molecule has 3 aromatic rings. The van der Waals surface area contributed by atoms with Crippen molar-refractivity contribution < 1.29 is 9.90 Å². The fraction of sp³-hybridized carbons (Fsp3) is 0.133. The molecule has 2 heterocycles. The van der Waals surface area contributed by atoms with Crippen LogP contribution in [0.5, 0.6) is 0 Å². The third-order valence-corrected chi connectivity index (χ3v) is 3.91. The maximum atomic E-state index is 11.2. The van der Waals surface area contributed by atoms with Gasteiger partial charge < -0.3 is 10.4 Å². The molecule has 6 heteroatoms. The highest BCUT2D eigenvalue weighted by molar-refractivity contribution is 7.09. The van der Waals surface area contributed by atoms with E-state index >= 15 is 0 Å². The Morgan fingerprint density at radius 3 is 2.95 bits per heavy atom. The Morgan fingerprint density at radius 2 is 2.19 bits per heavy atom. The zero-order chi connectivity index (χ0) is 14.7. The molecule has 0 fully saturated rings. The third-order valence-electron chi connectivity index (χ3n) is 3.07.